The lowest BCUT2D eigenvalue weighted by molar-refractivity contribution is 0.0959. The van der Waals surface area contributed by atoms with Crippen molar-refractivity contribution < 1.29 is 14.3 Å². The van der Waals surface area contributed by atoms with Crippen LogP contribution in [0.15, 0.2) is 34.7 Å². The van der Waals surface area contributed by atoms with E-state index in [2.05, 4.69) is 10.5 Å². The second-order valence-corrected chi connectivity index (χ2v) is 5.19. The van der Waals surface area contributed by atoms with Gasteiger partial charge in [-0.2, -0.15) is 5.10 Å². The molecular weight excluding hydrogens is 288 g/mol. The molecular formula is C15H16N2O3S. The summed E-state index contributed by atoms with van der Waals surface area (Å²) in [6, 6.07) is 7.25. The van der Waals surface area contributed by atoms with Crippen molar-refractivity contribution in [2.45, 2.75) is 6.92 Å². The van der Waals surface area contributed by atoms with Crippen LogP contribution in [-0.2, 0) is 0 Å². The van der Waals surface area contributed by atoms with Crippen molar-refractivity contribution in [2.75, 3.05) is 14.2 Å². The van der Waals surface area contributed by atoms with Crippen LogP contribution in [0.2, 0.25) is 0 Å². The summed E-state index contributed by atoms with van der Waals surface area (Å²) < 4.78 is 10.5. The van der Waals surface area contributed by atoms with E-state index >= 15 is 0 Å². The molecule has 0 aliphatic carbocycles. The van der Waals surface area contributed by atoms with Crippen LogP contribution >= 0.6 is 11.3 Å². The second-order valence-electron chi connectivity index (χ2n) is 4.24. The smallest absolute Gasteiger partial charge is 0.281 e. The average Bonchev–Trinajstić information content (AvgIpc) is 3.02. The van der Waals surface area contributed by atoms with Gasteiger partial charge in [-0.3, -0.25) is 4.79 Å². The summed E-state index contributed by atoms with van der Waals surface area (Å²) >= 11 is 1.37. The summed E-state index contributed by atoms with van der Waals surface area (Å²) in [6.07, 6.45) is 1.59. The Hall–Kier alpha value is -2.34. The van der Waals surface area contributed by atoms with Crippen molar-refractivity contribution in [1.29, 1.82) is 0 Å². The zero-order valence-corrected chi connectivity index (χ0v) is 12.9. The molecule has 2 aromatic rings. The number of ether oxygens (including phenoxy) is 2. The standard InChI is InChI=1S/C15H16N2O3S/c1-10-7-12(19-2)13(20-3)8-11(10)9-16-17-15(18)14-5-4-6-21-14/h4-9H,1-3H3,(H,17,18)/b16-9+. The number of methoxy groups -OCH3 is 2. The van der Waals surface area contributed by atoms with E-state index in [1.807, 2.05) is 30.5 Å². The van der Waals surface area contributed by atoms with E-state index in [0.29, 0.717) is 16.4 Å². The molecule has 1 aromatic heterocycles. The summed E-state index contributed by atoms with van der Waals surface area (Å²) in [7, 11) is 3.17. The lowest BCUT2D eigenvalue weighted by Gasteiger charge is -2.10. The van der Waals surface area contributed by atoms with Crippen molar-refractivity contribution in [3.63, 3.8) is 0 Å². The Kier molecular flexibility index (Phi) is 4.94. The molecule has 0 fully saturated rings. The molecule has 5 nitrogen and oxygen atoms in total. The molecule has 0 spiro atoms. The maximum absolute atomic E-state index is 11.7. The predicted octanol–water partition coefficient (Wildman–Crippen LogP) is 2.84. The molecule has 0 saturated heterocycles. The Labute approximate surface area is 127 Å². The summed E-state index contributed by atoms with van der Waals surface area (Å²) in [5.74, 6) is 1.06. The third kappa shape index (κ3) is 3.61. The predicted molar refractivity (Wildman–Crippen MR) is 83.7 cm³/mol. The van der Waals surface area contributed by atoms with Gasteiger partial charge in [0, 0.05) is 5.56 Å². The summed E-state index contributed by atoms with van der Waals surface area (Å²) in [4.78, 5) is 12.4. The molecule has 0 saturated carbocycles. The minimum Gasteiger partial charge on any atom is -0.493 e. The zero-order valence-electron chi connectivity index (χ0n) is 12.0. The van der Waals surface area contributed by atoms with Gasteiger partial charge in [0.15, 0.2) is 11.5 Å². The Morgan fingerprint density at radius 1 is 1.29 bits per heavy atom. The van der Waals surface area contributed by atoms with Gasteiger partial charge in [-0.25, -0.2) is 5.43 Å². The Morgan fingerprint density at radius 2 is 2.00 bits per heavy atom. The molecule has 0 aliphatic rings. The van der Waals surface area contributed by atoms with Crippen LogP contribution in [0.5, 0.6) is 11.5 Å². The number of hydrogen-bond acceptors (Lipinski definition) is 5. The van der Waals surface area contributed by atoms with Gasteiger partial charge in [0.05, 0.1) is 25.3 Å². The van der Waals surface area contributed by atoms with Gasteiger partial charge in [0.25, 0.3) is 5.91 Å². The molecule has 2 rings (SSSR count). The lowest BCUT2D eigenvalue weighted by atomic mass is 10.1. The number of carbonyl (C=O) groups is 1. The molecule has 0 unspecified atom stereocenters. The molecule has 1 heterocycles. The summed E-state index contributed by atoms with van der Waals surface area (Å²) in [6.45, 7) is 1.93. The highest BCUT2D eigenvalue weighted by Crippen LogP contribution is 2.29. The van der Waals surface area contributed by atoms with Crippen molar-refractivity contribution in [2.24, 2.45) is 5.10 Å². The zero-order chi connectivity index (χ0) is 15.2. The van der Waals surface area contributed by atoms with Crippen LogP contribution in [0.25, 0.3) is 0 Å². The molecule has 0 bridgehead atoms. The fourth-order valence-electron chi connectivity index (χ4n) is 1.76. The largest absolute Gasteiger partial charge is 0.493 e. The molecule has 1 aromatic carbocycles. The van der Waals surface area contributed by atoms with Crippen molar-refractivity contribution >= 4 is 23.5 Å². The van der Waals surface area contributed by atoms with Crippen LogP contribution in [0.1, 0.15) is 20.8 Å². The third-order valence-electron chi connectivity index (χ3n) is 2.89. The summed E-state index contributed by atoms with van der Waals surface area (Å²) in [5.41, 5.74) is 4.32. The minimum absolute atomic E-state index is 0.223. The highest BCUT2D eigenvalue weighted by atomic mass is 32.1. The first kappa shape index (κ1) is 15.1. The first-order valence-electron chi connectivity index (χ1n) is 6.25. The maximum atomic E-state index is 11.7. The van der Waals surface area contributed by atoms with Crippen LogP contribution in [-0.4, -0.2) is 26.3 Å². The normalized spacial score (nSPS) is 10.6. The Balaban J connectivity index is 2.12. The SMILES string of the molecule is COc1cc(C)c(/C=N/NC(=O)c2cccs2)cc1OC. The third-order valence-corrected chi connectivity index (χ3v) is 3.76. The number of hydrogen-bond donors (Lipinski definition) is 1. The second kappa shape index (κ2) is 6.90. The quantitative estimate of drug-likeness (QED) is 0.682. The highest BCUT2D eigenvalue weighted by molar-refractivity contribution is 7.12. The van der Waals surface area contributed by atoms with E-state index in [-0.39, 0.29) is 5.91 Å². The number of thiophene rings is 1. The number of nitrogens with zero attached hydrogens (tertiary/aromatic N) is 1. The monoisotopic (exact) mass is 304 g/mol. The first-order valence-corrected chi connectivity index (χ1v) is 7.13. The molecule has 0 radical (unpaired) electrons. The maximum Gasteiger partial charge on any atom is 0.281 e. The van der Waals surface area contributed by atoms with Gasteiger partial charge in [-0.15, -0.1) is 11.3 Å². The molecule has 21 heavy (non-hydrogen) atoms. The first-order chi connectivity index (χ1) is 10.2. The minimum atomic E-state index is -0.223. The highest BCUT2D eigenvalue weighted by Gasteiger charge is 2.08. The number of amides is 1. The van der Waals surface area contributed by atoms with E-state index < -0.39 is 0 Å². The molecule has 0 aliphatic heterocycles. The van der Waals surface area contributed by atoms with Gasteiger partial charge < -0.3 is 9.47 Å². The number of nitrogens with one attached hydrogen (secondary N) is 1. The Morgan fingerprint density at radius 3 is 2.62 bits per heavy atom. The fraction of sp³-hybridized carbons (Fsp3) is 0.200. The topological polar surface area (TPSA) is 59.9 Å². The molecule has 1 N–H and O–H groups in total. The van der Waals surface area contributed by atoms with Crippen LogP contribution in [0.3, 0.4) is 0 Å². The number of rotatable bonds is 5. The van der Waals surface area contributed by atoms with E-state index in [0.717, 1.165) is 11.1 Å². The van der Waals surface area contributed by atoms with Gasteiger partial charge in [0.1, 0.15) is 0 Å². The van der Waals surface area contributed by atoms with E-state index in [1.54, 1.807) is 26.5 Å². The van der Waals surface area contributed by atoms with E-state index in [9.17, 15) is 4.79 Å². The van der Waals surface area contributed by atoms with Crippen LogP contribution in [0, 0.1) is 6.92 Å². The fourth-order valence-corrected chi connectivity index (χ4v) is 2.37. The van der Waals surface area contributed by atoms with Gasteiger partial charge >= 0.3 is 0 Å². The van der Waals surface area contributed by atoms with Crippen molar-refractivity contribution in [3.8, 4) is 11.5 Å². The lowest BCUT2D eigenvalue weighted by Crippen LogP contribution is -2.16. The van der Waals surface area contributed by atoms with Crippen molar-refractivity contribution in [3.05, 3.63) is 45.6 Å². The summed E-state index contributed by atoms with van der Waals surface area (Å²) in [5, 5.41) is 5.82. The molecule has 0 atom stereocenters. The van der Waals surface area contributed by atoms with Crippen molar-refractivity contribution in [1.82, 2.24) is 5.43 Å². The van der Waals surface area contributed by atoms with Crippen LogP contribution in [0.4, 0.5) is 0 Å². The number of benzene rings is 1. The van der Waals surface area contributed by atoms with Gasteiger partial charge in [-0.05, 0) is 36.1 Å². The molecule has 1 amide bonds. The molecule has 110 valence electrons. The van der Waals surface area contributed by atoms with Crippen LogP contribution < -0.4 is 14.9 Å². The van der Waals surface area contributed by atoms with E-state index in [4.69, 9.17) is 9.47 Å². The number of carbonyl (C=O) groups excluding carboxylic acids is 1. The van der Waals surface area contributed by atoms with Gasteiger partial charge in [0.2, 0.25) is 0 Å². The average molecular weight is 304 g/mol. The van der Waals surface area contributed by atoms with Gasteiger partial charge in [-0.1, -0.05) is 6.07 Å². The Bertz CT molecular complexity index is 651. The van der Waals surface area contributed by atoms with E-state index in [1.165, 1.54) is 11.3 Å². The molecule has 6 heteroatoms. The number of aryl methyl sites for hydroxylation is 1. The number of hydrazone groups is 1.